The van der Waals surface area contributed by atoms with Crippen LogP contribution in [0.5, 0.6) is 0 Å². The molecule has 2 aliphatic rings. The van der Waals surface area contributed by atoms with Crippen molar-refractivity contribution >= 4 is 0 Å². The van der Waals surface area contributed by atoms with Crippen molar-refractivity contribution < 1.29 is 0 Å². The fourth-order valence-electron chi connectivity index (χ4n) is 3.51. The Morgan fingerprint density at radius 1 is 1.21 bits per heavy atom. The molecular weight excluding hydrogens is 230 g/mol. The van der Waals surface area contributed by atoms with Gasteiger partial charge >= 0.3 is 0 Å². The molecule has 0 bridgehead atoms. The second-order valence-electron chi connectivity index (χ2n) is 7.13. The van der Waals surface area contributed by atoms with Crippen LogP contribution in [0, 0.1) is 11.3 Å². The van der Waals surface area contributed by atoms with E-state index in [0.717, 1.165) is 18.4 Å². The molecule has 0 amide bonds. The van der Waals surface area contributed by atoms with E-state index in [1.165, 1.54) is 31.2 Å². The third-order valence-corrected chi connectivity index (χ3v) is 5.29. The summed E-state index contributed by atoms with van der Waals surface area (Å²) < 4.78 is 0. The molecule has 2 atom stereocenters. The van der Waals surface area contributed by atoms with Crippen LogP contribution in [-0.4, -0.2) is 6.54 Å². The number of benzene rings is 1. The van der Waals surface area contributed by atoms with Gasteiger partial charge in [0.25, 0.3) is 0 Å². The summed E-state index contributed by atoms with van der Waals surface area (Å²) in [5.74, 6) is 1.66. The minimum atomic E-state index is 0.527. The minimum Gasteiger partial charge on any atom is -0.310 e. The maximum absolute atomic E-state index is 3.69. The summed E-state index contributed by atoms with van der Waals surface area (Å²) in [7, 11) is 0. The second kappa shape index (κ2) is 4.94. The molecule has 1 heteroatoms. The Labute approximate surface area is 117 Å². The molecule has 1 nitrogen and oxygen atoms in total. The van der Waals surface area contributed by atoms with Gasteiger partial charge in [-0.1, -0.05) is 51.5 Å². The van der Waals surface area contributed by atoms with E-state index in [2.05, 4.69) is 50.4 Å². The lowest BCUT2D eigenvalue weighted by atomic mass is 9.79. The topological polar surface area (TPSA) is 12.0 Å². The quantitative estimate of drug-likeness (QED) is 0.809. The van der Waals surface area contributed by atoms with Gasteiger partial charge in [-0.25, -0.2) is 0 Å². The molecule has 0 heterocycles. The molecule has 0 saturated heterocycles. The fourth-order valence-corrected chi connectivity index (χ4v) is 3.51. The molecule has 19 heavy (non-hydrogen) atoms. The zero-order chi connectivity index (χ0) is 13.5. The van der Waals surface area contributed by atoms with Crippen LogP contribution in [0.2, 0.25) is 0 Å². The lowest BCUT2D eigenvalue weighted by Gasteiger charge is -2.27. The van der Waals surface area contributed by atoms with Gasteiger partial charge in [0.15, 0.2) is 0 Å². The summed E-state index contributed by atoms with van der Waals surface area (Å²) in [4.78, 5) is 0. The summed E-state index contributed by atoms with van der Waals surface area (Å²) in [5, 5.41) is 3.69. The van der Waals surface area contributed by atoms with Crippen LogP contribution in [0.25, 0.3) is 0 Å². The molecule has 1 aromatic carbocycles. The highest BCUT2D eigenvalue weighted by Gasteiger charge is 2.50. The highest BCUT2D eigenvalue weighted by molar-refractivity contribution is 5.30. The van der Waals surface area contributed by atoms with E-state index in [0.29, 0.717) is 11.5 Å². The van der Waals surface area contributed by atoms with Gasteiger partial charge in [-0.2, -0.15) is 0 Å². The average molecular weight is 257 g/mol. The van der Waals surface area contributed by atoms with E-state index >= 15 is 0 Å². The van der Waals surface area contributed by atoms with Crippen LogP contribution >= 0.6 is 0 Å². The van der Waals surface area contributed by atoms with Crippen molar-refractivity contribution in [3.8, 4) is 0 Å². The normalized spacial score (nSPS) is 26.8. The largest absolute Gasteiger partial charge is 0.310 e. The van der Waals surface area contributed by atoms with Gasteiger partial charge in [0.1, 0.15) is 0 Å². The maximum Gasteiger partial charge on any atom is 0.0353 e. The Balaban J connectivity index is 1.74. The van der Waals surface area contributed by atoms with E-state index in [4.69, 9.17) is 0 Å². The Morgan fingerprint density at radius 2 is 1.84 bits per heavy atom. The van der Waals surface area contributed by atoms with E-state index in [9.17, 15) is 0 Å². The van der Waals surface area contributed by atoms with Crippen LogP contribution in [0.1, 0.15) is 69.5 Å². The molecule has 1 aromatic rings. The van der Waals surface area contributed by atoms with Crippen LogP contribution in [-0.2, 0) is 0 Å². The van der Waals surface area contributed by atoms with E-state index in [1.807, 2.05) is 0 Å². The van der Waals surface area contributed by atoms with Gasteiger partial charge in [0.2, 0.25) is 0 Å². The smallest absolute Gasteiger partial charge is 0.0353 e. The molecule has 0 aliphatic heterocycles. The van der Waals surface area contributed by atoms with Crippen LogP contribution in [0.3, 0.4) is 0 Å². The predicted molar refractivity (Wildman–Crippen MR) is 81.3 cm³/mol. The van der Waals surface area contributed by atoms with Gasteiger partial charge < -0.3 is 5.32 Å². The summed E-state index contributed by atoms with van der Waals surface area (Å²) in [6, 6.07) is 10.0. The van der Waals surface area contributed by atoms with Crippen molar-refractivity contribution in [3.63, 3.8) is 0 Å². The number of hydrogen-bond acceptors (Lipinski definition) is 1. The minimum absolute atomic E-state index is 0.527. The summed E-state index contributed by atoms with van der Waals surface area (Å²) in [5.41, 5.74) is 3.57. The second-order valence-corrected chi connectivity index (χ2v) is 7.13. The number of rotatable bonds is 5. The highest BCUT2D eigenvalue weighted by atomic mass is 14.9. The lowest BCUT2D eigenvalue weighted by Crippen LogP contribution is -2.24. The van der Waals surface area contributed by atoms with E-state index in [-0.39, 0.29) is 0 Å². The first-order valence-electron chi connectivity index (χ1n) is 7.95. The van der Waals surface area contributed by atoms with Gasteiger partial charge in [-0.15, -0.1) is 0 Å². The van der Waals surface area contributed by atoms with Gasteiger partial charge in [-0.05, 0) is 54.2 Å². The van der Waals surface area contributed by atoms with Crippen molar-refractivity contribution in [1.29, 1.82) is 0 Å². The van der Waals surface area contributed by atoms with E-state index in [1.54, 1.807) is 5.56 Å². The van der Waals surface area contributed by atoms with Crippen molar-refractivity contribution in [2.24, 2.45) is 11.3 Å². The standard InChI is InChI=1S/C18H27N/c1-4-19-17(16-12-18(16,2)3)15-10-8-14(9-11-15)13-6-5-7-13/h8-11,13,16-17,19H,4-7,12H2,1-3H3. The molecule has 3 rings (SSSR count). The molecule has 2 fully saturated rings. The Morgan fingerprint density at radius 3 is 2.26 bits per heavy atom. The molecule has 104 valence electrons. The third-order valence-electron chi connectivity index (χ3n) is 5.29. The Kier molecular flexibility index (Phi) is 3.42. The molecule has 2 aliphatic carbocycles. The van der Waals surface area contributed by atoms with Crippen molar-refractivity contribution in [2.75, 3.05) is 6.54 Å². The van der Waals surface area contributed by atoms with E-state index < -0.39 is 0 Å². The van der Waals surface area contributed by atoms with Gasteiger partial charge in [0, 0.05) is 6.04 Å². The number of nitrogens with one attached hydrogen (secondary N) is 1. The predicted octanol–water partition coefficient (Wildman–Crippen LogP) is 4.65. The molecule has 0 radical (unpaired) electrons. The van der Waals surface area contributed by atoms with Crippen molar-refractivity contribution in [3.05, 3.63) is 35.4 Å². The first kappa shape index (κ1) is 13.2. The Bertz CT molecular complexity index is 428. The monoisotopic (exact) mass is 257 g/mol. The average Bonchev–Trinajstić information content (AvgIpc) is 2.94. The first-order chi connectivity index (χ1) is 9.12. The van der Waals surface area contributed by atoms with Crippen molar-refractivity contribution in [1.82, 2.24) is 5.32 Å². The Hall–Kier alpha value is -0.820. The number of hydrogen-bond donors (Lipinski definition) is 1. The lowest BCUT2D eigenvalue weighted by molar-refractivity contribution is 0.416. The first-order valence-corrected chi connectivity index (χ1v) is 7.95. The maximum atomic E-state index is 3.69. The molecular formula is C18H27N. The third kappa shape index (κ3) is 2.58. The zero-order valence-electron chi connectivity index (χ0n) is 12.6. The molecule has 2 unspecified atom stereocenters. The van der Waals surface area contributed by atoms with Crippen molar-refractivity contribution in [2.45, 2.75) is 58.4 Å². The van der Waals surface area contributed by atoms with Gasteiger partial charge in [0.05, 0.1) is 0 Å². The van der Waals surface area contributed by atoms with Crippen LogP contribution in [0.4, 0.5) is 0 Å². The molecule has 0 spiro atoms. The zero-order valence-corrected chi connectivity index (χ0v) is 12.6. The molecule has 1 N–H and O–H groups in total. The van der Waals surface area contributed by atoms with Crippen LogP contribution in [0.15, 0.2) is 24.3 Å². The summed E-state index contributed by atoms with van der Waals surface area (Å²) >= 11 is 0. The SMILES string of the molecule is CCNC(c1ccc(C2CCC2)cc1)C1CC1(C)C. The molecule has 2 saturated carbocycles. The van der Waals surface area contributed by atoms with Crippen LogP contribution < -0.4 is 5.32 Å². The molecule has 0 aromatic heterocycles. The summed E-state index contributed by atoms with van der Waals surface area (Å²) in [6.07, 6.45) is 5.56. The fraction of sp³-hybridized carbons (Fsp3) is 0.667. The van der Waals surface area contributed by atoms with Gasteiger partial charge in [-0.3, -0.25) is 0 Å². The summed E-state index contributed by atoms with van der Waals surface area (Å²) in [6.45, 7) is 8.06. The highest BCUT2D eigenvalue weighted by Crippen LogP contribution is 2.57.